The van der Waals surface area contributed by atoms with Gasteiger partial charge in [0.05, 0.1) is 25.9 Å². The molecule has 0 fully saturated rings. The third kappa shape index (κ3) is 12.2. The van der Waals surface area contributed by atoms with E-state index in [-0.39, 0.29) is 21.1 Å². The van der Waals surface area contributed by atoms with Gasteiger partial charge in [-0.25, -0.2) is 0 Å². The molecule has 4 N–H and O–H groups in total. The summed E-state index contributed by atoms with van der Waals surface area (Å²) in [5.74, 6) is 0.933. The zero-order valence-corrected chi connectivity index (χ0v) is 41.9. The van der Waals surface area contributed by atoms with Crippen LogP contribution in [0.5, 0.6) is 5.75 Å². The first-order valence-electron chi connectivity index (χ1n) is 22.3. The highest BCUT2D eigenvalue weighted by molar-refractivity contribution is 7.86. The van der Waals surface area contributed by atoms with Gasteiger partial charge in [0.15, 0.2) is 5.71 Å². The fourth-order valence-corrected chi connectivity index (χ4v) is 11.2. The molecule has 19 heteroatoms. The molecule has 3 aliphatic rings. The number of rotatable bonds is 19. The summed E-state index contributed by atoms with van der Waals surface area (Å²) in [6.45, 7) is 13.2. The Labute approximate surface area is 395 Å². The van der Waals surface area contributed by atoms with Gasteiger partial charge in [-0.05, 0) is 142 Å². The van der Waals surface area contributed by atoms with Gasteiger partial charge in [0, 0.05) is 47.5 Å². The zero-order chi connectivity index (χ0) is 49.3. The number of allylic oxidation sites excluding steroid dienone is 7. The van der Waals surface area contributed by atoms with E-state index in [9.17, 15) is 51.9 Å². The quantitative estimate of drug-likeness (QED) is 0.0498. The Morgan fingerprint density at radius 1 is 0.687 bits per heavy atom. The van der Waals surface area contributed by atoms with Crippen LogP contribution in [-0.4, -0.2) is 81.0 Å². The van der Waals surface area contributed by atoms with Crippen molar-refractivity contribution in [3.05, 3.63) is 119 Å². The fraction of sp³-hybridized carbons (Fsp3) is 0.438. The molecule has 0 spiro atoms. The van der Waals surface area contributed by atoms with Gasteiger partial charge in [0.1, 0.15) is 18.1 Å². The molecule has 0 bridgehead atoms. The number of hydrogen-bond donors (Lipinski definition) is 4. The average Bonchev–Trinajstić information content (AvgIpc) is 3.57. The summed E-state index contributed by atoms with van der Waals surface area (Å²) in [7, 11) is -17.7. The van der Waals surface area contributed by atoms with Crippen LogP contribution in [0.25, 0.3) is 0 Å². The molecule has 0 saturated heterocycles. The van der Waals surface area contributed by atoms with Gasteiger partial charge in [0.25, 0.3) is 40.5 Å². The Balaban J connectivity index is 1.48. The van der Waals surface area contributed by atoms with Gasteiger partial charge in [-0.1, -0.05) is 46.6 Å². The Bertz CT molecular complexity index is 3020. The molecule has 67 heavy (non-hydrogen) atoms. The van der Waals surface area contributed by atoms with E-state index in [1.165, 1.54) is 48.5 Å². The van der Waals surface area contributed by atoms with Crippen LogP contribution in [0, 0.1) is 5.92 Å². The van der Waals surface area contributed by atoms with Crippen molar-refractivity contribution in [3.63, 3.8) is 0 Å². The van der Waals surface area contributed by atoms with Crippen molar-refractivity contribution in [2.75, 3.05) is 23.7 Å². The Morgan fingerprint density at radius 2 is 1.30 bits per heavy atom. The highest BCUT2D eigenvalue weighted by Gasteiger charge is 2.45. The molecule has 0 unspecified atom stereocenters. The van der Waals surface area contributed by atoms with Crippen molar-refractivity contribution in [2.45, 2.75) is 125 Å². The third-order valence-electron chi connectivity index (χ3n) is 12.7. The highest BCUT2D eigenvalue weighted by atomic mass is 32.2. The summed E-state index contributed by atoms with van der Waals surface area (Å²) in [6.07, 6.45) is 14.2. The maximum Gasteiger partial charge on any atom is 0.294 e. The van der Waals surface area contributed by atoms with Gasteiger partial charge in [-0.2, -0.15) is 38.2 Å². The molecule has 364 valence electrons. The molecule has 0 atom stereocenters. The maximum atomic E-state index is 12.3. The summed E-state index contributed by atoms with van der Waals surface area (Å²) in [4.78, 5) is 1.19. The maximum absolute atomic E-state index is 12.3. The van der Waals surface area contributed by atoms with Crippen LogP contribution < -0.4 is 9.64 Å². The monoisotopic (exact) mass is 1000 g/mol. The Morgan fingerprint density at radius 3 is 1.91 bits per heavy atom. The molecule has 0 saturated carbocycles. The van der Waals surface area contributed by atoms with E-state index in [2.05, 4.69) is 18.4 Å². The van der Waals surface area contributed by atoms with Gasteiger partial charge in [-0.3, -0.25) is 18.2 Å². The van der Waals surface area contributed by atoms with E-state index in [1.54, 1.807) is 12.1 Å². The number of nitrogens with zero attached hydrogens (tertiary/aromatic N) is 2. The van der Waals surface area contributed by atoms with Gasteiger partial charge in [-0.15, -0.1) is 0 Å². The zero-order valence-electron chi connectivity index (χ0n) is 38.6. The van der Waals surface area contributed by atoms with Crippen LogP contribution >= 0.6 is 0 Å². The molecular formula is C48H61N2O13S4+. The number of anilines is 1. The van der Waals surface area contributed by atoms with E-state index in [4.69, 9.17) is 4.74 Å². The molecule has 2 heterocycles. The average molecular weight is 1000 g/mol. The topological polar surface area (TPSA) is 233 Å². The first-order valence-corrected chi connectivity index (χ1v) is 28.2. The standard InChI is InChI=1S/C48H60N2O13S4/c1-33(2)13-8-7-9-28-49-42-24-22-38(66(57,58)59)31-40(42)47(3,4)44(49)26-16-34-14-12-15-35(46(34)63-36-18-20-37(21-19-36)65(54,55)56)17-27-45-48(5,6)41-32-39(67(60,61)62)23-25-43(41)50(45)29-10-11-30-64(51,52)53/h16-27,31-33H,7-15,28-30H2,1-6H3,(H3-,51,52,53,54,55,56,57,58,59,60,61,62)/p+1. The lowest BCUT2D eigenvalue weighted by Gasteiger charge is -2.27. The van der Waals surface area contributed by atoms with Crippen molar-refractivity contribution >= 4 is 57.6 Å². The summed E-state index contributed by atoms with van der Waals surface area (Å²) in [6, 6.07) is 14.4. The van der Waals surface area contributed by atoms with Crippen molar-refractivity contribution in [2.24, 2.45) is 5.92 Å². The predicted molar refractivity (Wildman–Crippen MR) is 258 cm³/mol. The van der Waals surface area contributed by atoms with Crippen LogP contribution in [-0.2, 0) is 51.3 Å². The second kappa shape index (κ2) is 19.9. The normalized spacial score (nSPS) is 18.8. The van der Waals surface area contributed by atoms with Crippen LogP contribution in [0.15, 0.2) is 122 Å². The minimum absolute atomic E-state index is 0.160. The van der Waals surface area contributed by atoms with Crippen molar-refractivity contribution in [1.82, 2.24) is 0 Å². The molecular weight excluding hydrogens is 941 g/mol. The van der Waals surface area contributed by atoms with E-state index in [0.717, 1.165) is 59.5 Å². The Kier molecular flexibility index (Phi) is 15.4. The first kappa shape index (κ1) is 51.9. The van der Waals surface area contributed by atoms with E-state index in [1.807, 2.05) is 56.9 Å². The van der Waals surface area contributed by atoms with Gasteiger partial charge >= 0.3 is 0 Å². The number of benzene rings is 3. The van der Waals surface area contributed by atoms with Gasteiger partial charge < -0.3 is 9.64 Å². The summed E-state index contributed by atoms with van der Waals surface area (Å²) in [5, 5.41) is 0. The number of unbranched alkanes of at least 4 members (excludes halogenated alkanes) is 3. The van der Waals surface area contributed by atoms with E-state index >= 15 is 0 Å². The van der Waals surface area contributed by atoms with Crippen LogP contribution in [0.4, 0.5) is 11.4 Å². The number of ether oxygens (including phenoxy) is 1. The molecule has 0 aromatic heterocycles. The van der Waals surface area contributed by atoms with Crippen molar-refractivity contribution < 1.29 is 61.2 Å². The molecule has 0 radical (unpaired) electrons. The SMILES string of the molecule is CC(C)CCCCC[N+]1=C(/C=C/C2=C(Oc3ccc(S(=O)(=O)O)cc3)C(=C/C=C3/N(CCCCS(=O)(=O)O)c4ccc(S(=O)(=O)O)cc4C3(C)C)/CCC2)C(C)(C)c2cc(S(=O)(=O)O)ccc21. The second-order valence-corrected chi connectivity index (χ2v) is 24.7. The highest BCUT2D eigenvalue weighted by Crippen LogP contribution is 2.49. The minimum atomic E-state index is -4.55. The van der Waals surface area contributed by atoms with Gasteiger partial charge in [0.2, 0.25) is 5.69 Å². The number of hydrogen-bond acceptors (Lipinski definition) is 10. The lowest BCUT2D eigenvalue weighted by molar-refractivity contribution is -0.438. The second-order valence-electron chi connectivity index (χ2n) is 18.8. The predicted octanol–water partition coefficient (Wildman–Crippen LogP) is 9.37. The summed E-state index contributed by atoms with van der Waals surface area (Å²) < 4.78 is 144. The van der Waals surface area contributed by atoms with Crippen LogP contribution in [0.3, 0.4) is 0 Å². The first-order chi connectivity index (χ1) is 31.1. The smallest absolute Gasteiger partial charge is 0.294 e. The van der Waals surface area contributed by atoms with E-state index in [0.29, 0.717) is 67.5 Å². The molecule has 2 aliphatic heterocycles. The molecule has 3 aromatic rings. The van der Waals surface area contributed by atoms with E-state index < -0.39 is 57.1 Å². The Hall–Kier alpha value is -4.47. The van der Waals surface area contributed by atoms with Crippen LogP contribution in [0.1, 0.15) is 110 Å². The van der Waals surface area contributed by atoms with Crippen molar-refractivity contribution in [1.29, 1.82) is 0 Å². The molecule has 15 nitrogen and oxygen atoms in total. The molecule has 6 rings (SSSR count). The van der Waals surface area contributed by atoms with Crippen LogP contribution in [0.2, 0.25) is 0 Å². The minimum Gasteiger partial charge on any atom is -0.457 e. The molecule has 1 aliphatic carbocycles. The summed E-state index contributed by atoms with van der Waals surface area (Å²) >= 11 is 0. The molecule has 3 aromatic carbocycles. The lowest BCUT2D eigenvalue weighted by atomic mass is 9.81. The lowest BCUT2D eigenvalue weighted by Crippen LogP contribution is -2.28. The third-order valence-corrected chi connectivity index (χ3v) is 16.1. The largest absolute Gasteiger partial charge is 0.457 e. The number of fused-ring (bicyclic) bond motifs is 2. The summed E-state index contributed by atoms with van der Waals surface area (Å²) in [5.41, 5.74) is 4.57. The fourth-order valence-electron chi connectivity index (χ4n) is 9.17. The molecule has 0 amide bonds. The van der Waals surface area contributed by atoms with Crippen molar-refractivity contribution in [3.8, 4) is 5.75 Å².